The Morgan fingerprint density at radius 1 is 1.19 bits per heavy atom. The summed E-state index contributed by atoms with van der Waals surface area (Å²) in [7, 11) is 1.27. The fourth-order valence-electron chi connectivity index (χ4n) is 1.69. The Balaban J connectivity index is 2.57. The predicted octanol–water partition coefficient (Wildman–Crippen LogP) is 1.57. The van der Waals surface area contributed by atoms with Crippen molar-refractivity contribution in [2.24, 2.45) is 0 Å². The highest BCUT2D eigenvalue weighted by molar-refractivity contribution is 5.80. The van der Waals surface area contributed by atoms with Crippen molar-refractivity contribution >= 4 is 18.0 Å². The summed E-state index contributed by atoms with van der Waals surface area (Å²) >= 11 is 0. The Kier molecular flexibility index (Phi) is 6.19. The molecule has 0 saturated heterocycles. The summed E-state index contributed by atoms with van der Waals surface area (Å²) < 4.78 is 5.00. The molecular weight excluding hydrogens is 278 g/mol. The van der Waals surface area contributed by atoms with Gasteiger partial charge >= 0.3 is 18.0 Å². The Hall–Kier alpha value is -2.57. The monoisotopic (exact) mass is 295 g/mol. The van der Waals surface area contributed by atoms with Crippen LogP contribution < -0.4 is 0 Å². The van der Waals surface area contributed by atoms with E-state index in [4.69, 9.17) is 14.9 Å². The molecule has 2 N–H and O–H groups in total. The second kappa shape index (κ2) is 7.88. The number of ether oxygens (including phenoxy) is 1. The Morgan fingerprint density at radius 2 is 1.81 bits per heavy atom. The molecule has 1 atom stereocenters. The van der Waals surface area contributed by atoms with Crippen LogP contribution in [0.4, 0.5) is 4.79 Å². The number of nitrogens with zero attached hydrogens (tertiary/aromatic N) is 1. The maximum absolute atomic E-state index is 11.8. The predicted molar refractivity (Wildman–Crippen MR) is 72.7 cm³/mol. The average molecular weight is 295 g/mol. The standard InChI is InChI=1S/C14H17NO6/c1-15(11(13(18)19)7-8-12(16)17)14(20)21-9-10-5-3-2-4-6-10/h2-6,11H,7-9H2,1H3,(H,16,17)(H,18,19)/t11-/m0/s1. The third kappa shape index (κ3) is 5.52. The van der Waals surface area contributed by atoms with Crippen molar-refractivity contribution < 1.29 is 29.3 Å². The molecule has 7 nitrogen and oxygen atoms in total. The van der Waals surface area contributed by atoms with Crippen molar-refractivity contribution in [1.29, 1.82) is 0 Å². The zero-order chi connectivity index (χ0) is 15.8. The van der Waals surface area contributed by atoms with Crippen LogP contribution in [0.25, 0.3) is 0 Å². The molecule has 0 heterocycles. The van der Waals surface area contributed by atoms with Crippen molar-refractivity contribution in [3.8, 4) is 0 Å². The van der Waals surface area contributed by atoms with Crippen LogP contribution in [0.1, 0.15) is 18.4 Å². The summed E-state index contributed by atoms with van der Waals surface area (Å²) in [6.07, 6.45) is -1.33. The van der Waals surface area contributed by atoms with Crippen molar-refractivity contribution in [2.45, 2.75) is 25.5 Å². The van der Waals surface area contributed by atoms with Crippen molar-refractivity contribution in [2.75, 3.05) is 7.05 Å². The number of carboxylic acid groups (broad SMARTS) is 2. The fourth-order valence-corrected chi connectivity index (χ4v) is 1.69. The Labute approximate surface area is 121 Å². The van der Waals surface area contributed by atoms with E-state index in [1.165, 1.54) is 7.05 Å². The van der Waals surface area contributed by atoms with Crippen LogP contribution in [0.3, 0.4) is 0 Å². The summed E-state index contributed by atoms with van der Waals surface area (Å²) in [5.74, 6) is -2.39. The second-order valence-electron chi connectivity index (χ2n) is 4.44. The van der Waals surface area contributed by atoms with E-state index >= 15 is 0 Å². The van der Waals surface area contributed by atoms with Crippen LogP contribution in [0, 0.1) is 0 Å². The molecule has 21 heavy (non-hydrogen) atoms. The number of aliphatic carboxylic acids is 2. The summed E-state index contributed by atoms with van der Waals surface area (Å²) in [5.41, 5.74) is 0.775. The van der Waals surface area contributed by atoms with Gasteiger partial charge in [-0.15, -0.1) is 0 Å². The third-order valence-corrected chi connectivity index (χ3v) is 2.88. The number of benzene rings is 1. The van der Waals surface area contributed by atoms with Gasteiger partial charge in [0.05, 0.1) is 0 Å². The second-order valence-corrected chi connectivity index (χ2v) is 4.44. The summed E-state index contributed by atoms with van der Waals surface area (Å²) in [4.78, 5) is 34.3. The number of rotatable bonds is 7. The van der Waals surface area contributed by atoms with Crippen LogP contribution in [-0.4, -0.2) is 46.2 Å². The van der Waals surface area contributed by atoms with Crippen LogP contribution in [-0.2, 0) is 20.9 Å². The molecule has 0 aliphatic heterocycles. The van der Waals surface area contributed by atoms with Gasteiger partial charge in [-0.2, -0.15) is 0 Å². The molecule has 114 valence electrons. The smallest absolute Gasteiger partial charge is 0.410 e. The van der Waals surface area contributed by atoms with E-state index in [2.05, 4.69) is 0 Å². The largest absolute Gasteiger partial charge is 0.481 e. The van der Waals surface area contributed by atoms with Gasteiger partial charge in [0, 0.05) is 13.5 Å². The average Bonchev–Trinajstić information content (AvgIpc) is 2.45. The molecule has 0 spiro atoms. The van der Waals surface area contributed by atoms with E-state index < -0.39 is 24.1 Å². The third-order valence-electron chi connectivity index (χ3n) is 2.88. The summed E-state index contributed by atoms with van der Waals surface area (Å²) in [5, 5.41) is 17.6. The molecule has 7 heteroatoms. The minimum Gasteiger partial charge on any atom is -0.481 e. The van der Waals surface area contributed by atoms with Gasteiger partial charge in [-0.3, -0.25) is 9.69 Å². The van der Waals surface area contributed by atoms with Gasteiger partial charge in [-0.25, -0.2) is 9.59 Å². The van der Waals surface area contributed by atoms with Gasteiger partial charge in [0.15, 0.2) is 0 Å². The van der Waals surface area contributed by atoms with E-state index in [9.17, 15) is 14.4 Å². The van der Waals surface area contributed by atoms with Gasteiger partial charge < -0.3 is 14.9 Å². The molecule has 0 aliphatic rings. The number of likely N-dealkylation sites (N-methyl/N-ethyl adjacent to an activating group) is 1. The molecule has 0 aliphatic carbocycles. The molecule has 0 aromatic heterocycles. The van der Waals surface area contributed by atoms with E-state index in [0.717, 1.165) is 10.5 Å². The van der Waals surface area contributed by atoms with Crippen LogP contribution >= 0.6 is 0 Å². The first-order valence-electron chi connectivity index (χ1n) is 6.30. The topological polar surface area (TPSA) is 104 Å². The molecule has 1 amide bonds. The molecule has 0 radical (unpaired) electrons. The van der Waals surface area contributed by atoms with Crippen molar-refractivity contribution in [3.05, 3.63) is 35.9 Å². The van der Waals surface area contributed by atoms with Crippen molar-refractivity contribution in [3.63, 3.8) is 0 Å². The first-order chi connectivity index (χ1) is 9.91. The van der Waals surface area contributed by atoms with E-state index in [1.807, 2.05) is 6.07 Å². The fraction of sp³-hybridized carbons (Fsp3) is 0.357. The van der Waals surface area contributed by atoms with Crippen LogP contribution in [0.2, 0.25) is 0 Å². The maximum atomic E-state index is 11.8. The van der Waals surface area contributed by atoms with E-state index in [1.54, 1.807) is 24.3 Å². The summed E-state index contributed by atoms with van der Waals surface area (Å²) in [6.45, 7) is 0.0231. The number of carbonyl (C=O) groups excluding carboxylic acids is 1. The highest BCUT2D eigenvalue weighted by Crippen LogP contribution is 2.09. The number of hydrogen-bond donors (Lipinski definition) is 2. The molecular formula is C14H17NO6. The quantitative estimate of drug-likeness (QED) is 0.791. The molecule has 1 aromatic carbocycles. The van der Waals surface area contributed by atoms with Gasteiger partial charge in [-0.05, 0) is 12.0 Å². The van der Waals surface area contributed by atoms with Crippen LogP contribution in [0.15, 0.2) is 30.3 Å². The number of amides is 1. The number of hydrogen-bond acceptors (Lipinski definition) is 4. The van der Waals surface area contributed by atoms with Crippen LogP contribution in [0.5, 0.6) is 0 Å². The minimum atomic E-state index is -1.27. The summed E-state index contributed by atoms with van der Waals surface area (Å²) in [6, 6.07) is 7.71. The first-order valence-corrected chi connectivity index (χ1v) is 6.30. The van der Waals surface area contributed by atoms with Gasteiger partial charge in [0.25, 0.3) is 0 Å². The molecule has 0 bridgehead atoms. The number of carboxylic acids is 2. The SMILES string of the molecule is CN(C(=O)OCc1ccccc1)[C@@H](CCC(=O)O)C(=O)O. The minimum absolute atomic E-state index is 0.0231. The van der Waals surface area contributed by atoms with Crippen molar-refractivity contribution in [1.82, 2.24) is 4.90 Å². The zero-order valence-corrected chi connectivity index (χ0v) is 11.6. The maximum Gasteiger partial charge on any atom is 0.410 e. The molecule has 0 fully saturated rings. The lowest BCUT2D eigenvalue weighted by atomic mass is 10.1. The normalized spacial score (nSPS) is 11.5. The van der Waals surface area contributed by atoms with E-state index in [-0.39, 0.29) is 19.4 Å². The Bertz CT molecular complexity index is 501. The lowest BCUT2D eigenvalue weighted by Gasteiger charge is -2.23. The van der Waals surface area contributed by atoms with Gasteiger partial charge in [0.2, 0.25) is 0 Å². The molecule has 0 unspecified atom stereocenters. The zero-order valence-electron chi connectivity index (χ0n) is 11.6. The number of carbonyl (C=O) groups is 3. The Morgan fingerprint density at radius 3 is 2.33 bits per heavy atom. The molecule has 1 rings (SSSR count). The van der Waals surface area contributed by atoms with Gasteiger partial charge in [-0.1, -0.05) is 30.3 Å². The van der Waals surface area contributed by atoms with Gasteiger partial charge in [0.1, 0.15) is 12.6 Å². The highest BCUT2D eigenvalue weighted by atomic mass is 16.6. The highest BCUT2D eigenvalue weighted by Gasteiger charge is 2.28. The molecule has 1 aromatic rings. The lowest BCUT2D eigenvalue weighted by Crippen LogP contribution is -2.42. The first kappa shape index (κ1) is 16.5. The lowest BCUT2D eigenvalue weighted by molar-refractivity contribution is -0.143. The molecule has 0 saturated carbocycles. The van der Waals surface area contributed by atoms with E-state index in [0.29, 0.717) is 0 Å².